The molecule has 23 heavy (non-hydrogen) atoms. The number of halogens is 2. The summed E-state index contributed by atoms with van der Waals surface area (Å²) in [6, 6.07) is 8.02. The minimum atomic E-state index is 0. The first-order valence-corrected chi connectivity index (χ1v) is 8.15. The number of methoxy groups -OCH3 is 1. The van der Waals surface area contributed by atoms with Crippen molar-refractivity contribution in [2.24, 2.45) is 4.99 Å². The van der Waals surface area contributed by atoms with Crippen molar-refractivity contribution >= 4 is 47.2 Å². The fourth-order valence-corrected chi connectivity index (χ4v) is 2.79. The quantitative estimate of drug-likeness (QED) is 0.323. The van der Waals surface area contributed by atoms with Gasteiger partial charge in [0.05, 0.1) is 23.9 Å². The van der Waals surface area contributed by atoms with Crippen LogP contribution in [0.3, 0.4) is 0 Å². The van der Waals surface area contributed by atoms with Gasteiger partial charge in [-0.3, -0.25) is 4.99 Å². The molecule has 0 radical (unpaired) electrons. The van der Waals surface area contributed by atoms with Crippen molar-refractivity contribution in [2.45, 2.75) is 6.92 Å². The van der Waals surface area contributed by atoms with Crippen molar-refractivity contribution in [3.63, 3.8) is 0 Å². The molecule has 5 nitrogen and oxygen atoms in total. The Labute approximate surface area is 161 Å². The molecule has 130 valence electrons. The molecule has 1 aliphatic heterocycles. The predicted molar refractivity (Wildman–Crippen MR) is 109 cm³/mol. The lowest BCUT2D eigenvalue weighted by Gasteiger charge is -2.38. The average molecular weight is 453 g/mol. The summed E-state index contributed by atoms with van der Waals surface area (Å²) in [5, 5.41) is 4.17. The predicted octanol–water partition coefficient (Wildman–Crippen LogP) is 2.69. The third-order valence-electron chi connectivity index (χ3n) is 3.66. The topological polar surface area (TPSA) is 40.1 Å². The van der Waals surface area contributed by atoms with Crippen molar-refractivity contribution < 1.29 is 4.74 Å². The Balaban J connectivity index is 0.00000264. The smallest absolute Gasteiger partial charge is 0.194 e. The van der Waals surface area contributed by atoms with E-state index in [-0.39, 0.29) is 24.0 Å². The minimum absolute atomic E-state index is 0. The second-order valence-electron chi connectivity index (χ2n) is 5.15. The van der Waals surface area contributed by atoms with Crippen molar-refractivity contribution in [3.05, 3.63) is 29.3 Å². The summed E-state index contributed by atoms with van der Waals surface area (Å²) < 4.78 is 5.07. The van der Waals surface area contributed by atoms with Crippen LogP contribution < -0.4 is 10.2 Å². The zero-order valence-corrected chi connectivity index (χ0v) is 16.9. The Hall–Kier alpha value is -0.730. The van der Waals surface area contributed by atoms with Gasteiger partial charge >= 0.3 is 0 Å². The fourth-order valence-electron chi connectivity index (χ4n) is 2.54. The molecule has 0 aliphatic carbocycles. The number of ether oxygens (including phenoxy) is 1. The number of guanidine groups is 1. The van der Waals surface area contributed by atoms with Crippen LogP contribution in [-0.2, 0) is 4.74 Å². The van der Waals surface area contributed by atoms with Crippen molar-refractivity contribution in [1.82, 2.24) is 10.2 Å². The SMILES string of the molecule is CCNC(=NCCOC)N1CCN(c2ccccc2Cl)CC1.I. The van der Waals surface area contributed by atoms with Crippen LogP contribution >= 0.6 is 35.6 Å². The molecule has 1 aromatic carbocycles. The van der Waals surface area contributed by atoms with Gasteiger partial charge in [-0.05, 0) is 19.1 Å². The molecule has 2 rings (SSSR count). The monoisotopic (exact) mass is 452 g/mol. The number of hydrogen-bond acceptors (Lipinski definition) is 3. The number of anilines is 1. The summed E-state index contributed by atoms with van der Waals surface area (Å²) in [5.74, 6) is 0.971. The molecule has 1 fully saturated rings. The highest BCUT2D eigenvalue weighted by atomic mass is 127. The molecule has 1 N–H and O–H groups in total. The summed E-state index contributed by atoms with van der Waals surface area (Å²) >= 11 is 6.29. The van der Waals surface area contributed by atoms with E-state index in [1.165, 1.54) is 0 Å². The molecular weight excluding hydrogens is 427 g/mol. The second-order valence-corrected chi connectivity index (χ2v) is 5.56. The number of piperazine rings is 1. The number of hydrogen-bond donors (Lipinski definition) is 1. The van der Waals surface area contributed by atoms with E-state index in [4.69, 9.17) is 16.3 Å². The minimum Gasteiger partial charge on any atom is -0.383 e. The second kappa shape index (κ2) is 10.9. The van der Waals surface area contributed by atoms with Gasteiger partial charge in [0.15, 0.2) is 5.96 Å². The lowest BCUT2D eigenvalue weighted by atomic mass is 10.2. The van der Waals surface area contributed by atoms with Crippen LogP contribution in [0.25, 0.3) is 0 Å². The number of para-hydroxylation sites is 1. The summed E-state index contributed by atoms with van der Waals surface area (Å²) in [4.78, 5) is 9.23. The molecule has 7 heteroatoms. The molecule has 1 aliphatic rings. The number of aliphatic imine (C=N–C) groups is 1. The first kappa shape index (κ1) is 20.3. The van der Waals surface area contributed by atoms with Crippen LogP contribution in [0.2, 0.25) is 5.02 Å². The molecule has 0 bridgehead atoms. The first-order valence-electron chi connectivity index (χ1n) is 7.78. The van der Waals surface area contributed by atoms with Crippen LogP contribution in [0.5, 0.6) is 0 Å². The van der Waals surface area contributed by atoms with Gasteiger partial charge in [0.25, 0.3) is 0 Å². The highest BCUT2D eigenvalue weighted by molar-refractivity contribution is 14.0. The largest absolute Gasteiger partial charge is 0.383 e. The lowest BCUT2D eigenvalue weighted by molar-refractivity contribution is 0.207. The summed E-state index contributed by atoms with van der Waals surface area (Å²) in [7, 11) is 1.70. The van der Waals surface area contributed by atoms with Crippen LogP contribution in [0.1, 0.15) is 6.92 Å². The Morgan fingerprint density at radius 2 is 1.96 bits per heavy atom. The fraction of sp³-hybridized carbons (Fsp3) is 0.562. The van der Waals surface area contributed by atoms with Gasteiger partial charge in [0.2, 0.25) is 0 Å². The van der Waals surface area contributed by atoms with Crippen LogP contribution in [0, 0.1) is 0 Å². The van der Waals surface area contributed by atoms with Crippen LogP contribution in [0.15, 0.2) is 29.3 Å². The highest BCUT2D eigenvalue weighted by Crippen LogP contribution is 2.25. The first-order chi connectivity index (χ1) is 10.8. The van der Waals surface area contributed by atoms with Crippen molar-refractivity contribution in [3.8, 4) is 0 Å². The molecule has 0 amide bonds. The molecule has 0 saturated carbocycles. The molecule has 1 aromatic rings. The van der Waals surface area contributed by atoms with Gasteiger partial charge < -0.3 is 19.9 Å². The molecule has 0 spiro atoms. The Morgan fingerprint density at radius 3 is 2.57 bits per heavy atom. The summed E-state index contributed by atoms with van der Waals surface area (Å²) in [5.41, 5.74) is 1.12. The van der Waals surface area contributed by atoms with E-state index in [0.29, 0.717) is 13.2 Å². The van der Waals surface area contributed by atoms with Gasteiger partial charge in [0, 0.05) is 39.8 Å². The van der Waals surface area contributed by atoms with E-state index in [2.05, 4.69) is 33.1 Å². The Bertz CT molecular complexity index is 493. The molecular formula is C16H26ClIN4O. The molecule has 0 aromatic heterocycles. The maximum atomic E-state index is 6.29. The zero-order chi connectivity index (χ0) is 15.8. The Kier molecular flexibility index (Phi) is 9.66. The summed E-state index contributed by atoms with van der Waals surface area (Å²) in [6.45, 7) is 8.05. The van der Waals surface area contributed by atoms with E-state index >= 15 is 0 Å². The maximum absolute atomic E-state index is 6.29. The average Bonchev–Trinajstić information content (AvgIpc) is 2.55. The van der Waals surface area contributed by atoms with Gasteiger partial charge in [-0.25, -0.2) is 0 Å². The normalized spacial score (nSPS) is 15.3. The van der Waals surface area contributed by atoms with Crippen molar-refractivity contribution in [1.29, 1.82) is 0 Å². The van der Waals surface area contributed by atoms with Crippen LogP contribution in [0.4, 0.5) is 5.69 Å². The number of nitrogens with one attached hydrogen (secondary N) is 1. The zero-order valence-electron chi connectivity index (χ0n) is 13.8. The molecule has 0 unspecified atom stereocenters. The third kappa shape index (κ3) is 6.00. The summed E-state index contributed by atoms with van der Waals surface area (Å²) in [6.07, 6.45) is 0. The third-order valence-corrected chi connectivity index (χ3v) is 3.98. The molecule has 1 saturated heterocycles. The standard InChI is InChI=1S/C16H25ClN4O.HI/c1-3-18-16(19-8-13-22-2)21-11-9-20(10-12-21)15-7-5-4-6-14(15)17;/h4-7H,3,8-13H2,1-2H3,(H,18,19);1H. The Morgan fingerprint density at radius 1 is 1.26 bits per heavy atom. The van der Waals surface area contributed by atoms with Gasteiger partial charge in [-0.1, -0.05) is 23.7 Å². The van der Waals surface area contributed by atoms with Gasteiger partial charge in [-0.15, -0.1) is 24.0 Å². The molecule has 0 atom stereocenters. The number of rotatable bonds is 5. The van der Waals surface area contributed by atoms with E-state index in [0.717, 1.165) is 49.4 Å². The lowest BCUT2D eigenvalue weighted by Crippen LogP contribution is -2.52. The van der Waals surface area contributed by atoms with Crippen molar-refractivity contribution in [2.75, 3.05) is 57.9 Å². The van der Waals surface area contributed by atoms with Gasteiger partial charge in [-0.2, -0.15) is 0 Å². The number of benzene rings is 1. The highest BCUT2D eigenvalue weighted by Gasteiger charge is 2.20. The van der Waals surface area contributed by atoms with Crippen LogP contribution in [-0.4, -0.2) is 63.8 Å². The van der Waals surface area contributed by atoms with E-state index in [9.17, 15) is 0 Å². The molecule has 1 heterocycles. The van der Waals surface area contributed by atoms with E-state index < -0.39 is 0 Å². The van der Waals surface area contributed by atoms with E-state index in [1.807, 2.05) is 18.2 Å². The maximum Gasteiger partial charge on any atom is 0.194 e. The number of nitrogens with zero attached hydrogens (tertiary/aromatic N) is 3. The van der Waals surface area contributed by atoms with E-state index in [1.54, 1.807) is 7.11 Å². The van der Waals surface area contributed by atoms with Gasteiger partial charge in [0.1, 0.15) is 0 Å².